The number of carbonyl (C=O) groups excluding carboxylic acids is 1. The molecule has 0 saturated carbocycles. The van der Waals surface area contributed by atoms with Crippen molar-refractivity contribution in [3.05, 3.63) is 82.3 Å². The molecular formula is C18H14BrNO. The fraction of sp³-hybridized carbons (Fsp3) is 0.0556. The monoisotopic (exact) mass is 339 g/mol. The SMILES string of the molecule is O=C(NCc1cccc2ccccc12)c1ccc(Br)cc1. The predicted octanol–water partition coefficient (Wildman–Crippen LogP) is 4.53. The molecule has 3 heteroatoms. The largest absolute Gasteiger partial charge is 0.348 e. The Kier molecular flexibility index (Phi) is 4.02. The first-order valence-corrected chi connectivity index (χ1v) is 7.54. The van der Waals surface area contributed by atoms with Gasteiger partial charge in [0.2, 0.25) is 0 Å². The highest BCUT2D eigenvalue weighted by Crippen LogP contribution is 2.18. The fourth-order valence-corrected chi connectivity index (χ4v) is 2.59. The van der Waals surface area contributed by atoms with E-state index in [0.29, 0.717) is 12.1 Å². The Bertz CT molecular complexity index is 775. The van der Waals surface area contributed by atoms with Crippen LogP contribution in [0.2, 0.25) is 0 Å². The number of carbonyl (C=O) groups is 1. The molecule has 2 nitrogen and oxygen atoms in total. The quantitative estimate of drug-likeness (QED) is 0.746. The summed E-state index contributed by atoms with van der Waals surface area (Å²) in [6.07, 6.45) is 0. The average molecular weight is 340 g/mol. The van der Waals surface area contributed by atoms with Crippen molar-refractivity contribution >= 4 is 32.6 Å². The summed E-state index contributed by atoms with van der Waals surface area (Å²) in [5.41, 5.74) is 1.79. The molecule has 0 bridgehead atoms. The van der Waals surface area contributed by atoms with Crippen molar-refractivity contribution in [1.29, 1.82) is 0 Å². The van der Waals surface area contributed by atoms with Crippen molar-refractivity contribution in [2.45, 2.75) is 6.54 Å². The van der Waals surface area contributed by atoms with Crippen LogP contribution in [0.3, 0.4) is 0 Å². The molecule has 0 aliphatic carbocycles. The van der Waals surface area contributed by atoms with Gasteiger partial charge in [-0.15, -0.1) is 0 Å². The molecule has 1 amide bonds. The fourth-order valence-electron chi connectivity index (χ4n) is 2.33. The summed E-state index contributed by atoms with van der Waals surface area (Å²) in [6, 6.07) is 21.7. The van der Waals surface area contributed by atoms with Gasteiger partial charge in [0.15, 0.2) is 0 Å². The van der Waals surface area contributed by atoms with E-state index in [1.54, 1.807) is 0 Å². The minimum absolute atomic E-state index is 0.0598. The van der Waals surface area contributed by atoms with Crippen LogP contribution in [0.4, 0.5) is 0 Å². The normalized spacial score (nSPS) is 10.5. The molecule has 3 rings (SSSR count). The maximum Gasteiger partial charge on any atom is 0.251 e. The minimum atomic E-state index is -0.0598. The molecule has 0 atom stereocenters. The number of nitrogens with one attached hydrogen (secondary N) is 1. The summed E-state index contributed by atoms with van der Waals surface area (Å²) in [4.78, 5) is 12.1. The van der Waals surface area contributed by atoms with Crippen LogP contribution in [0.5, 0.6) is 0 Å². The number of fused-ring (bicyclic) bond motifs is 1. The zero-order chi connectivity index (χ0) is 14.7. The third-order valence-corrected chi connectivity index (χ3v) is 3.95. The Morgan fingerprint density at radius 2 is 1.62 bits per heavy atom. The Balaban J connectivity index is 1.77. The summed E-state index contributed by atoms with van der Waals surface area (Å²) < 4.78 is 0.966. The lowest BCUT2D eigenvalue weighted by Gasteiger charge is -2.08. The van der Waals surface area contributed by atoms with E-state index in [1.807, 2.05) is 48.5 Å². The van der Waals surface area contributed by atoms with E-state index in [2.05, 4.69) is 39.4 Å². The summed E-state index contributed by atoms with van der Waals surface area (Å²) >= 11 is 3.37. The van der Waals surface area contributed by atoms with Crippen LogP contribution in [0, 0.1) is 0 Å². The molecule has 0 unspecified atom stereocenters. The second-order valence-electron chi connectivity index (χ2n) is 4.83. The lowest BCUT2D eigenvalue weighted by atomic mass is 10.0. The lowest BCUT2D eigenvalue weighted by Crippen LogP contribution is -2.22. The van der Waals surface area contributed by atoms with Crippen LogP contribution in [0.1, 0.15) is 15.9 Å². The van der Waals surface area contributed by atoms with E-state index in [9.17, 15) is 4.79 Å². The molecule has 0 fully saturated rings. The second-order valence-corrected chi connectivity index (χ2v) is 5.74. The number of hydrogen-bond donors (Lipinski definition) is 1. The van der Waals surface area contributed by atoms with Crippen molar-refractivity contribution in [3.63, 3.8) is 0 Å². The smallest absolute Gasteiger partial charge is 0.251 e. The number of benzene rings is 3. The summed E-state index contributed by atoms with van der Waals surface area (Å²) in [5.74, 6) is -0.0598. The van der Waals surface area contributed by atoms with Gasteiger partial charge in [0.25, 0.3) is 5.91 Å². The van der Waals surface area contributed by atoms with E-state index in [-0.39, 0.29) is 5.91 Å². The first-order valence-electron chi connectivity index (χ1n) is 6.74. The maximum absolute atomic E-state index is 12.1. The number of rotatable bonds is 3. The topological polar surface area (TPSA) is 29.1 Å². The van der Waals surface area contributed by atoms with Crippen LogP contribution in [0.15, 0.2) is 71.2 Å². The Labute approximate surface area is 131 Å². The molecule has 21 heavy (non-hydrogen) atoms. The first kappa shape index (κ1) is 13.8. The standard InChI is InChI=1S/C18H14BrNO/c19-16-10-8-14(9-11-16)18(21)20-12-15-6-3-5-13-4-1-2-7-17(13)15/h1-11H,12H2,(H,20,21). The summed E-state index contributed by atoms with van der Waals surface area (Å²) in [7, 11) is 0. The van der Waals surface area contributed by atoms with Crippen LogP contribution in [0.25, 0.3) is 10.8 Å². The third-order valence-electron chi connectivity index (χ3n) is 3.43. The lowest BCUT2D eigenvalue weighted by molar-refractivity contribution is 0.0951. The highest BCUT2D eigenvalue weighted by molar-refractivity contribution is 9.10. The molecule has 104 valence electrons. The van der Waals surface area contributed by atoms with Gasteiger partial charge in [-0.2, -0.15) is 0 Å². The van der Waals surface area contributed by atoms with Gasteiger partial charge in [-0.1, -0.05) is 58.4 Å². The Hall–Kier alpha value is -2.13. The molecule has 0 saturated heterocycles. The van der Waals surface area contributed by atoms with Crippen molar-refractivity contribution in [3.8, 4) is 0 Å². The van der Waals surface area contributed by atoms with Crippen molar-refractivity contribution < 1.29 is 4.79 Å². The molecular weight excluding hydrogens is 326 g/mol. The van der Waals surface area contributed by atoms with Gasteiger partial charge in [-0.25, -0.2) is 0 Å². The van der Waals surface area contributed by atoms with E-state index in [4.69, 9.17) is 0 Å². The molecule has 0 spiro atoms. The van der Waals surface area contributed by atoms with Crippen LogP contribution >= 0.6 is 15.9 Å². The zero-order valence-electron chi connectivity index (χ0n) is 11.3. The van der Waals surface area contributed by atoms with Gasteiger partial charge in [0.1, 0.15) is 0 Å². The van der Waals surface area contributed by atoms with Gasteiger partial charge in [-0.05, 0) is 40.6 Å². The van der Waals surface area contributed by atoms with E-state index < -0.39 is 0 Å². The molecule has 0 aromatic heterocycles. The second kappa shape index (κ2) is 6.10. The number of amides is 1. The zero-order valence-corrected chi connectivity index (χ0v) is 12.9. The maximum atomic E-state index is 12.1. The summed E-state index contributed by atoms with van der Waals surface area (Å²) in [5, 5.41) is 5.34. The molecule has 3 aromatic rings. The Morgan fingerprint density at radius 1 is 0.905 bits per heavy atom. The average Bonchev–Trinajstić information content (AvgIpc) is 2.53. The van der Waals surface area contributed by atoms with Crippen molar-refractivity contribution in [2.24, 2.45) is 0 Å². The molecule has 0 aliphatic rings. The van der Waals surface area contributed by atoms with Gasteiger partial charge in [0, 0.05) is 16.6 Å². The van der Waals surface area contributed by atoms with Gasteiger partial charge < -0.3 is 5.32 Å². The van der Waals surface area contributed by atoms with E-state index in [1.165, 1.54) is 10.8 Å². The molecule has 0 heterocycles. The molecule has 0 radical (unpaired) electrons. The summed E-state index contributed by atoms with van der Waals surface area (Å²) in [6.45, 7) is 0.524. The van der Waals surface area contributed by atoms with Crippen LogP contribution in [-0.2, 0) is 6.54 Å². The van der Waals surface area contributed by atoms with Gasteiger partial charge in [-0.3, -0.25) is 4.79 Å². The van der Waals surface area contributed by atoms with E-state index >= 15 is 0 Å². The van der Waals surface area contributed by atoms with Gasteiger partial charge >= 0.3 is 0 Å². The van der Waals surface area contributed by atoms with Crippen LogP contribution in [-0.4, -0.2) is 5.91 Å². The molecule has 0 aliphatic heterocycles. The Morgan fingerprint density at radius 3 is 2.43 bits per heavy atom. The molecule has 1 N–H and O–H groups in total. The molecule has 3 aromatic carbocycles. The number of halogens is 1. The van der Waals surface area contributed by atoms with Crippen molar-refractivity contribution in [1.82, 2.24) is 5.32 Å². The third kappa shape index (κ3) is 3.14. The minimum Gasteiger partial charge on any atom is -0.348 e. The highest BCUT2D eigenvalue weighted by atomic mass is 79.9. The van der Waals surface area contributed by atoms with Gasteiger partial charge in [0.05, 0.1) is 0 Å². The first-order chi connectivity index (χ1) is 10.2. The van der Waals surface area contributed by atoms with E-state index in [0.717, 1.165) is 10.0 Å². The number of hydrogen-bond acceptors (Lipinski definition) is 1. The predicted molar refractivity (Wildman–Crippen MR) is 89.3 cm³/mol. The van der Waals surface area contributed by atoms with Crippen LogP contribution < -0.4 is 5.32 Å². The van der Waals surface area contributed by atoms with Crippen molar-refractivity contribution in [2.75, 3.05) is 0 Å². The highest BCUT2D eigenvalue weighted by Gasteiger charge is 2.06.